The third kappa shape index (κ3) is 4.69. The zero-order chi connectivity index (χ0) is 14.3. The molecule has 0 fully saturated rings. The summed E-state index contributed by atoms with van der Waals surface area (Å²) in [7, 11) is 0. The molecule has 1 heterocycles. The van der Waals surface area contributed by atoms with Crippen molar-refractivity contribution in [2.24, 2.45) is 0 Å². The summed E-state index contributed by atoms with van der Waals surface area (Å²) in [4.78, 5) is 27.1. The lowest BCUT2D eigenvalue weighted by atomic mass is 9.96. The van der Waals surface area contributed by atoms with Crippen molar-refractivity contribution >= 4 is 11.9 Å². The van der Waals surface area contributed by atoms with E-state index in [4.69, 9.17) is 0 Å². The van der Waals surface area contributed by atoms with Crippen LogP contribution in [0.5, 0.6) is 0 Å². The van der Waals surface area contributed by atoms with E-state index in [0.29, 0.717) is 19.3 Å². The van der Waals surface area contributed by atoms with E-state index in [1.54, 1.807) is 6.20 Å². The number of carboxylic acids is 1. The second-order valence-corrected chi connectivity index (χ2v) is 4.76. The Bertz CT molecular complexity index is 434. The van der Waals surface area contributed by atoms with Gasteiger partial charge in [0.05, 0.1) is 0 Å². The number of rotatable bonds is 7. The fourth-order valence-electron chi connectivity index (χ4n) is 1.88. The van der Waals surface area contributed by atoms with Gasteiger partial charge in [-0.05, 0) is 31.9 Å². The lowest BCUT2D eigenvalue weighted by Crippen LogP contribution is -2.52. The first-order valence-electron chi connectivity index (χ1n) is 6.42. The fraction of sp³-hybridized carbons (Fsp3) is 0.500. The minimum absolute atomic E-state index is 0.240. The van der Waals surface area contributed by atoms with Crippen molar-refractivity contribution in [2.75, 3.05) is 0 Å². The molecule has 1 amide bonds. The number of carbonyl (C=O) groups is 2. The lowest BCUT2D eigenvalue weighted by molar-refractivity contribution is -0.147. The molecule has 1 aromatic rings. The van der Waals surface area contributed by atoms with E-state index in [1.807, 2.05) is 25.1 Å². The van der Waals surface area contributed by atoms with Crippen LogP contribution in [-0.4, -0.2) is 27.5 Å². The van der Waals surface area contributed by atoms with Crippen molar-refractivity contribution in [1.29, 1.82) is 0 Å². The van der Waals surface area contributed by atoms with Crippen molar-refractivity contribution in [1.82, 2.24) is 10.3 Å². The molecule has 5 nitrogen and oxygen atoms in total. The predicted molar refractivity (Wildman–Crippen MR) is 71.6 cm³/mol. The molecular formula is C14H20N2O3. The van der Waals surface area contributed by atoms with E-state index >= 15 is 0 Å². The van der Waals surface area contributed by atoms with Crippen LogP contribution in [-0.2, 0) is 16.0 Å². The van der Waals surface area contributed by atoms with Gasteiger partial charge in [-0.2, -0.15) is 0 Å². The molecule has 0 aromatic carbocycles. The molecule has 1 atom stereocenters. The molecular weight excluding hydrogens is 244 g/mol. The molecule has 0 aliphatic heterocycles. The summed E-state index contributed by atoms with van der Waals surface area (Å²) in [6.45, 7) is 3.43. The Morgan fingerprint density at radius 3 is 2.68 bits per heavy atom. The highest BCUT2D eigenvalue weighted by Crippen LogP contribution is 2.13. The van der Waals surface area contributed by atoms with Gasteiger partial charge >= 0.3 is 5.97 Å². The summed E-state index contributed by atoms with van der Waals surface area (Å²) in [6.07, 6.45) is 3.53. The number of hydrogen-bond donors (Lipinski definition) is 2. The number of pyridine rings is 1. The summed E-state index contributed by atoms with van der Waals surface area (Å²) in [5, 5.41) is 11.8. The number of aromatic nitrogens is 1. The van der Waals surface area contributed by atoms with E-state index in [1.165, 1.54) is 6.92 Å². The largest absolute Gasteiger partial charge is 0.480 e. The highest BCUT2D eigenvalue weighted by molar-refractivity contribution is 5.86. The third-order valence-corrected chi connectivity index (χ3v) is 2.97. The van der Waals surface area contributed by atoms with Gasteiger partial charge < -0.3 is 10.4 Å². The first-order valence-corrected chi connectivity index (χ1v) is 6.42. The summed E-state index contributed by atoms with van der Waals surface area (Å²) in [6, 6.07) is 5.51. The number of aryl methyl sites for hydroxylation is 1. The Balaban J connectivity index is 2.52. The van der Waals surface area contributed by atoms with Crippen molar-refractivity contribution < 1.29 is 14.7 Å². The van der Waals surface area contributed by atoms with Gasteiger partial charge in [-0.1, -0.05) is 19.4 Å². The maximum absolute atomic E-state index is 11.8. The molecule has 0 aliphatic rings. The van der Waals surface area contributed by atoms with Crippen LogP contribution in [0.25, 0.3) is 0 Å². The molecule has 0 saturated carbocycles. The van der Waals surface area contributed by atoms with Gasteiger partial charge in [0.15, 0.2) is 0 Å². The van der Waals surface area contributed by atoms with Gasteiger partial charge in [0.1, 0.15) is 5.54 Å². The van der Waals surface area contributed by atoms with Crippen LogP contribution in [0.2, 0.25) is 0 Å². The molecule has 0 spiro atoms. The average molecular weight is 264 g/mol. The Labute approximate surface area is 113 Å². The van der Waals surface area contributed by atoms with Crippen LogP contribution in [0.4, 0.5) is 0 Å². The molecule has 5 heteroatoms. The molecule has 1 rings (SSSR count). The van der Waals surface area contributed by atoms with Gasteiger partial charge in [0.25, 0.3) is 0 Å². The minimum atomic E-state index is -1.18. The van der Waals surface area contributed by atoms with E-state index in [0.717, 1.165) is 5.69 Å². The maximum atomic E-state index is 11.8. The Kier molecular flexibility index (Phi) is 5.48. The standard InChI is InChI=1S/C14H20N2O3/c1-3-9-14(2,13(18)19)16-12(17)8-7-11-6-4-5-10-15-11/h4-6,10H,3,7-9H2,1-2H3,(H,16,17)(H,18,19). The van der Waals surface area contributed by atoms with E-state index < -0.39 is 11.5 Å². The highest BCUT2D eigenvalue weighted by atomic mass is 16.4. The summed E-state index contributed by atoms with van der Waals surface area (Å²) in [5.41, 5.74) is -0.360. The number of amides is 1. The Morgan fingerprint density at radius 1 is 1.42 bits per heavy atom. The van der Waals surface area contributed by atoms with Crippen molar-refractivity contribution in [3.8, 4) is 0 Å². The number of carboxylic acid groups (broad SMARTS) is 1. The van der Waals surface area contributed by atoms with Gasteiger partial charge in [-0.3, -0.25) is 9.78 Å². The van der Waals surface area contributed by atoms with Crippen molar-refractivity contribution in [3.05, 3.63) is 30.1 Å². The normalized spacial score (nSPS) is 13.6. The molecule has 104 valence electrons. The number of hydrogen-bond acceptors (Lipinski definition) is 3. The number of nitrogens with one attached hydrogen (secondary N) is 1. The molecule has 0 bridgehead atoms. The lowest BCUT2D eigenvalue weighted by Gasteiger charge is -2.25. The van der Waals surface area contributed by atoms with Crippen LogP contribution >= 0.6 is 0 Å². The first-order chi connectivity index (χ1) is 8.98. The zero-order valence-electron chi connectivity index (χ0n) is 11.3. The van der Waals surface area contributed by atoms with Crippen LogP contribution < -0.4 is 5.32 Å². The molecule has 0 radical (unpaired) electrons. The number of nitrogens with zero attached hydrogens (tertiary/aromatic N) is 1. The quantitative estimate of drug-likeness (QED) is 0.786. The monoisotopic (exact) mass is 264 g/mol. The molecule has 0 saturated heterocycles. The average Bonchev–Trinajstić information content (AvgIpc) is 2.37. The molecule has 1 aromatic heterocycles. The molecule has 2 N–H and O–H groups in total. The van der Waals surface area contributed by atoms with Crippen LogP contribution in [0.15, 0.2) is 24.4 Å². The van der Waals surface area contributed by atoms with Gasteiger partial charge in [0.2, 0.25) is 5.91 Å². The van der Waals surface area contributed by atoms with E-state index in [2.05, 4.69) is 10.3 Å². The molecule has 0 aliphatic carbocycles. The van der Waals surface area contributed by atoms with E-state index in [9.17, 15) is 14.7 Å². The summed E-state index contributed by atoms with van der Waals surface area (Å²) in [5.74, 6) is -1.26. The van der Waals surface area contributed by atoms with Crippen molar-refractivity contribution in [2.45, 2.75) is 45.1 Å². The predicted octanol–water partition coefficient (Wildman–Crippen LogP) is 1.77. The van der Waals surface area contributed by atoms with E-state index in [-0.39, 0.29) is 12.3 Å². The van der Waals surface area contributed by atoms with Crippen LogP contribution in [0.1, 0.15) is 38.8 Å². The Morgan fingerprint density at radius 2 is 2.16 bits per heavy atom. The SMILES string of the molecule is CCCC(C)(NC(=O)CCc1ccccn1)C(=O)O. The van der Waals surface area contributed by atoms with Crippen LogP contribution in [0.3, 0.4) is 0 Å². The first kappa shape index (κ1) is 15.1. The second kappa shape index (κ2) is 6.87. The minimum Gasteiger partial charge on any atom is -0.480 e. The number of aliphatic carboxylic acids is 1. The highest BCUT2D eigenvalue weighted by Gasteiger charge is 2.33. The molecule has 19 heavy (non-hydrogen) atoms. The topological polar surface area (TPSA) is 79.3 Å². The van der Waals surface area contributed by atoms with Gasteiger partial charge in [0, 0.05) is 18.3 Å². The zero-order valence-corrected chi connectivity index (χ0v) is 11.3. The number of carbonyl (C=O) groups excluding carboxylic acids is 1. The van der Waals surface area contributed by atoms with Crippen LogP contribution in [0, 0.1) is 0 Å². The smallest absolute Gasteiger partial charge is 0.329 e. The second-order valence-electron chi connectivity index (χ2n) is 4.76. The van der Waals surface area contributed by atoms with Crippen molar-refractivity contribution in [3.63, 3.8) is 0 Å². The fourth-order valence-corrected chi connectivity index (χ4v) is 1.88. The van der Waals surface area contributed by atoms with Gasteiger partial charge in [-0.25, -0.2) is 4.79 Å². The molecule has 1 unspecified atom stereocenters. The summed E-state index contributed by atoms with van der Waals surface area (Å²) < 4.78 is 0. The third-order valence-electron chi connectivity index (χ3n) is 2.97. The Hall–Kier alpha value is -1.91. The summed E-state index contributed by atoms with van der Waals surface area (Å²) >= 11 is 0. The van der Waals surface area contributed by atoms with Gasteiger partial charge in [-0.15, -0.1) is 0 Å². The maximum Gasteiger partial charge on any atom is 0.329 e.